The van der Waals surface area contributed by atoms with Crippen LogP contribution in [0, 0.1) is 30.6 Å². The third kappa shape index (κ3) is 7.57. The molecule has 2 aromatic carbocycles. The fraction of sp³-hybridized carbons (Fsp3) is 0.571. The number of anilines is 1. The second kappa shape index (κ2) is 15.2. The standard InChI is InChI=1S/C42H54ClN5O6S/c1-28-6-4-15-42(50,26-47-18-19-53-24-34(47)23-46-17-16-44-30(46)3)37-11-8-32(37)22-48-25-41(14-5-7-31-20-33(43)9-12-36(31)41)27-54-39-13-10-35(21-38(39)48)55(51,52)45-40(49)29(28)2/h4,9-10,12-13,15-17,20-21,28-29,32,34,37,50H,5-8,11,14,18-19,22-27H2,1-3H3,(H,45,49)/b15-4+/t28-,29+,32-,34?,37+,41-,42+/m0/s1. The zero-order valence-corrected chi connectivity index (χ0v) is 33.7. The molecule has 296 valence electrons. The van der Waals surface area contributed by atoms with Crippen LogP contribution in [0.15, 0.2) is 65.8 Å². The minimum absolute atomic E-state index is 0.0278. The third-order valence-electron chi connectivity index (χ3n) is 13.4. The monoisotopic (exact) mass is 791 g/mol. The summed E-state index contributed by atoms with van der Waals surface area (Å²) in [5.41, 5.74) is 1.65. The second-order valence-corrected chi connectivity index (χ2v) is 19.0. The van der Waals surface area contributed by atoms with Crippen LogP contribution in [-0.4, -0.2) is 91.5 Å². The van der Waals surface area contributed by atoms with Gasteiger partial charge in [0.05, 0.1) is 42.0 Å². The number of halogens is 1. The van der Waals surface area contributed by atoms with Crippen LogP contribution in [0.25, 0.3) is 0 Å². The van der Waals surface area contributed by atoms with Crippen molar-refractivity contribution in [3.8, 4) is 5.75 Å². The Morgan fingerprint density at radius 1 is 1.15 bits per heavy atom. The quantitative estimate of drug-likeness (QED) is 0.329. The number of rotatable bonds is 4. The maximum atomic E-state index is 13.8. The molecule has 2 N–H and O–H groups in total. The van der Waals surface area contributed by atoms with E-state index in [0.717, 1.165) is 37.9 Å². The van der Waals surface area contributed by atoms with Crippen LogP contribution in [-0.2, 0) is 37.9 Å². The van der Waals surface area contributed by atoms with Gasteiger partial charge >= 0.3 is 0 Å². The summed E-state index contributed by atoms with van der Waals surface area (Å²) in [7, 11) is -4.16. The van der Waals surface area contributed by atoms with E-state index < -0.39 is 27.4 Å². The first kappa shape index (κ1) is 38.5. The highest BCUT2D eigenvalue weighted by atomic mass is 35.5. The number of aryl methyl sites for hydroxylation is 2. The molecule has 13 heteroatoms. The van der Waals surface area contributed by atoms with E-state index in [1.54, 1.807) is 19.1 Å². The summed E-state index contributed by atoms with van der Waals surface area (Å²) in [6.45, 7) is 10.4. The van der Waals surface area contributed by atoms with Gasteiger partial charge in [-0.2, -0.15) is 0 Å². The van der Waals surface area contributed by atoms with Gasteiger partial charge in [-0.25, -0.2) is 18.1 Å². The van der Waals surface area contributed by atoms with E-state index in [4.69, 9.17) is 21.1 Å². The van der Waals surface area contributed by atoms with Crippen LogP contribution in [0.2, 0.25) is 5.02 Å². The van der Waals surface area contributed by atoms with Crippen molar-refractivity contribution < 1.29 is 27.8 Å². The number of carbonyl (C=O) groups is 1. The number of hydrogen-bond acceptors (Lipinski definition) is 9. The maximum Gasteiger partial charge on any atom is 0.264 e. The van der Waals surface area contributed by atoms with Crippen LogP contribution >= 0.6 is 11.6 Å². The number of morpholine rings is 1. The molecule has 3 aromatic rings. The fourth-order valence-electron chi connectivity index (χ4n) is 9.73. The van der Waals surface area contributed by atoms with E-state index >= 15 is 0 Å². The number of hydrogen-bond donors (Lipinski definition) is 2. The zero-order chi connectivity index (χ0) is 38.5. The van der Waals surface area contributed by atoms with Crippen LogP contribution in [0.3, 0.4) is 0 Å². The highest BCUT2D eigenvalue weighted by Gasteiger charge is 2.49. The minimum Gasteiger partial charge on any atom is -0.490 e. The molecule has 1 spiro atoms. The van der Waals surface area contributed by atoms with Gasteiger partial charge in [0.15, 0.2) is 0 Å². The Bertz CT molecular complexity index is 2060. The van der Waals surface area contributed by atoms with Crippen molar-refractivity contribution in [2.45, 2.75) is 87.8 Å². The summed E-state index contributed by atoms with van der Waals surface area (Å²) in [4.78, 5) is 22.6. The summed E-state index contributed by atoms with van der Waals surface area (Å²) < 4.78 is 44.8. The first-order valence-corrected chi connectivity index (χ1v) is 21.8. The van der Waals surface area contributed by atoms with Gasteiger partial charge in [0, 0.05) is 61.5 Å². The number of nitrogens with zero attached hydrogens (tertiary/aromatic N) is 4. The van der Waals surface area contributed by atoms with Crippen LogP contribution in [0.5, 0.6) is 5.75 Å². The molecule has 11 nitrogen and oxygen atoms in total. The summed E-state index contributed by atoms with van der Waals surface area (Å²) in [5, 5.41) is 13.7. The fourth-order valence-corrected chi connectivity index (χ4v) is 11.0. The Morgan fingerprint density at radius 2 is 2.00 bits per heavy atom. The van der Waals surface area contributed by atoms with E-state index in [1.807, 2.05) is 44.5 Å². The number of β-amino-alcohol motifs (C(OH)–C–C–N with tert-alkyl or cyclic N) is 1. The number of fused-ring (bicyclic) bond motifs is 4. The molecule has 8 rings (SSSR count). The number of benzene rings is 2. The predicted octanol–water partition coefficient (Wildman–Crippen LogP) is 5.51. The molecule has 1 aromatic heterocycles. The Labute approximate surface area is 330 Å². The van der Waals surface area contributed by atoms with E-state index in [-0.39, 0.29) is 34.1 Å². The lowest BCUT2D eigenvalue weighted by Gasteiger charge is -2.51. The van der Waals surface area contributed by atoms with Crippen molar-refractivity contribution in [2.75, 3.05) is 50.9 Å². The lowest BCUT2D eigenvalue weighted by molar-refractivity contribution is -0.124. The third-order valence-corrected chi connectivity index (χ3v) is 15.0. The first-order valence-electron chi connectivity index (χ1n) is 19.9. The number of aliphatic hydroxyl groups is 1. The van der Waals surface area contributed by atoms with Crippen molar-refractivity contribution in [2.24, 2.45) is 23.7 Å². The second-order valence-electron chi connectivity index (χ2n) is 16.9. The number of ether oxygens (including phenoxy) is 2. The van der Waals surface area contributed by atoms with Gasteiger partial charge in [-0.1, -0.05) is 43.7 Å². The maximum absolute atomic E-state index is 13.8. The number of sulfonamides is 1. The smallest absolute Gasteiger partial charge is 0.264 e. The van der Waals surface area contributed by atoms with Crippen molar-refractivity contribution in [1.29, 1.82) is 0 Å². The van der Waals surface area contributed by atoms with Crippen LogP contribution < -0.4 is 14.4 Å². The molecular weight excluding hydrogens is 738 g/mol. The molecule has 2 aliphatic carbocycles. The Hall–Kier alpha value is -3.42. The number of allylic oxidation sites excluding steroid dienone is 1. The van der Waals surface area contributed by atoms with E-state index in [0.29, 0.717) is 75.4 Å². The Morgan fingerprint density at radius 3 is 2.78 bits per heavy atom. The number of carbonyl (C=O) groups excluding carboxylic acids is 1. The van der Waals surface area contributed by atoms with Crippen molar-refractivity contribution in [1.82, 2.24) is 19.2 Å². The SMILES string of the molecule is Cc1nccn1CC1COCCN1C[C@]1(O)/C=C/C[C@H](C)[C@@H](C)C(=O)NS(=O)(=O)c2ccc3c(c2)N(C[C@@H]2CC[C@H]21)C[C@@]1(CCCc2cc(Cl)ccc21)CO3. The molecule has 7 atom stereocenters. The topological polar surface area (TPSA) is 126 Å². The number of aromatic nitrogens is 2. The highest BCUT2D eigenvalue weighted by Crippen LogP contribution is 2.49. The largest absolute Gasteiger partial charge is 0.490 e. The average Bonchev–Trinajstić information content (AvgIpc) is 3.47. The van der Waals surface area contributed by atoms with Gasteiger partial charge in [-0.05, 0) is 105 Å². The van der Waals surface area contributed by atoms with Crippen molar-refractivity contribution >= 4 is 33.2 Å². The molecule has 2 fully saturated rings. The van der Waals surface area contributed by atoms with Gasteiger partial charge in [0.25, 0.3) is 10.0 Å². The number of amides is 1. The summed E-state index contributed by atoms with van der Waals surface area (Å²) >= 11 is 6.49. The summed E-state index contributed by atoms with van der Waals surface area (Å²) in [6.07, 6.45) is 13.0. The number of imidazole rings is 1. The molecule has 0 radical (unpaired) electrons. The van der Waals surface area contributed by atoms with Crippen molar-refractivity contribution in [3.63, 3.8) is 0 Å². The molecule has 1 saturated heterocycles. The lowest BCUT2D eigenvalue weighted by Crippen LogP contribution is -2.59. The number of nitrogens with one attached hydrogen (secondary N) is 1. The van der Waals surface area contributed by atoms with Crippen LogP contribution in [0.4, 0.5) is 5.69 Å². The van der Waals surface area contributed by atoms with Gasteiger partial charge in [-0.15, -0.1) is 0 Å². The minimum atomic E-state index is -4.16. The molecule has 1 saturated carbocycles. The molecule has 55 heavy (non-hydrogen) atoms. The molecular formula is C42H54ClN5O6S. The van der Waals surface area contributed by atoms with Gasteiger partial charge in [0.2, 0.25) is 5.91 Å². The molecule has 4 heterocycles. The molecule has 2 bridgehead atoms. The van der Waals surface area contributed by atoms with Crippen LogP contribution in [0.1, 0.15) is 62.9 Å². The Balaban J connectivity index is 1.18. The Kier molecular flexibility index (Phi) is 10.6. The first-order chi connectivity index (χ1) is 26.3. The van der Waals surface area contributed by atoms with E-state index in [1.165, 1.54) is 17.2 Å². The molecule has 1 amide bonds. The molecule has 1 unspecified atom stereocenters. The lowest BCUT2D eigenvalue weighted by atomic mass is 9.63. The van der Waals surface area contributed by atoms with Gasteiger partial charge in [0.1, 0.15) is 11.6 Å². The zero-order valence-electron chi connectivity index (χ0n) is 32.1. The highest BCUT2D eigenvalue weighted by molar-refractivity contribution is 7.90. The van der Waals surface area contributed by atoms with E-state index in [2.05, 4.69) is 36.2 Å². The molecule has 3 aliphatic heterocycles. The van der Waals surface area contributed by atoms with E-state index in [9.17, 15) is 18.3 Å². The van der Waals surface area contributed by atoms with Crippen molar-refractivity contribution in [3.05, 3.63) is 82.9 Å². The van der Waals surface area contributed by atoms with Gasteiger partial charge in [-0.3, -0.25) is 9.69 Å². The normalized spacial score (nSPS) is 33.0. The average molecular weight is 792 g/mol. The van der Waals surface area contributed by atoms with Gasteiger partial charge < -0.3 is 24.0 Å². The predicted molar refractivity (Wildman–Crippen MR) is 212 cm³/mol. The molecule has 5 aliphatic rings. The summed E-state index contributed by atoms with van der Waals surface area (Å²) in [5.74, 6) is 0.348. The summed E-state index contributed by atoms with van der Waals surface area (Å²) in [6, 6.07) is 11.2.